The van der Waals surface area contributed by atoms with Gasteiger partial charge in [0.1, 0.15) is 0 Å². The van der Waals surface area contributed by atoms with Crippen molar-refractivity contribution in [2.24, 2.45) is 0 Å². The van der Waals surface area contributed by atoms with Crippen LogP contribution in [0.4, 0.5) is 0 Å². The van der Waals surface area contributed by atoms with E-state index >= 15 is 0 Å². The maximum atomic E-state index is 13.0. The quantitative estimate of drug-likeness (QED) is 0.332. The fourth-order valence-electron chi connectivity index (χ4n) is 3.28. The van der Waals surface area contributed by atoms with Crippen LogP contribution in [0.3, 0.4) is 0 Å². The first kappa shape index (κ1) is 21.8. The predicted octanol–water partition coefficient (Wildman–Crippen LogP) is 3.12. The van der Waals surface area contributed by atoms with Crippen molar-refractivity contribution < 1.29 is 21.7 Å². The van der Waals surface area contributed by atoms with Crippen molar-refractivity contribution in [1.29, 1.82) is 0 Å². The fourth-order valence-corrected chi connectivity index (χ4v) is 6.43. The summed E-state index contributed by atoms with van der Waals surface area (Å²) < 4.78 is 32.4. The van der Waals surface area contributed by atoms with Gasteiger partial charge in [-0.3, -0.25) is 0 Å². The summed E-state index contributed by atoms with van der Waals surface area (Å²) in [7, 11) is 6.97. The molecule has 2 aromatic carbocycles. The van der Waals surface area contributed by atoms with Gasteiger partial charge >= 0.3 is 171 Å². The maximum absolute atomic E-state index is 13.0. The van der Waals surface area contributed by atoms with Gasteiger partial charge in [0.25, 0.3) is 0 Å². The fraction of sp³-hybridized carbons (Fsp3) is 0.350. The summed E-state index contributed by atoms with van der Waals surface area (Å²) in [5.41, 5.74) is -0.410. The molecule has 0 heterocycles. The van der Waals surface area contributed by atoms with Gasteiger partial charge in [-0.25, -0.2) is 0 Å². The van der Waals surface area contributed by atoms with Crippen LogP contribution in [0.25, 0.3) is 0 Å². The zero-order chi connectivity index (χ0) is 20.3. The molecule has 0 aliphatic carbocycles. The van der Waals surface area contributed by atoms with Crippen LogP contribution in [0.1, 0.15) is 12.0 Å². The second kappa shape index (κ2) is 8.23. The zero-order valence-electron chi connectivity index (χ0n) is 16.0. The molecule has 0 aromatic heterocycles. The van der Waals surface area contributed by atoms with Crippen LogP contribution in [0.15, 0.2) is 59.1 Å². The standard InChI is InChI=1S/C20H25BrNO4Se/c1-22(2,3)20(19(23)26-4,16-10-12-17(21)13-11-16)14-15-27(24,25)18-8-6-5-7-9-18/h5-13H,14-15H2,1-4H3/q+1. The predicted molar refractivity (Wildman–Crippen MR) is 108 cm³/mol. The number of likely N-dealkylation sites (N-methyl/N-ethyl adjacent to an activating group) is 1. The summed E-state index contributed by atoms with van der Waals surface area (Å²) >= 11 is -0.999. The summed E-state index contributed by atoms with van der Waals surface area (Å²) in [5, 5.41) is -0.0960. The molecule has 2 aromatic rings. The van der Waals surface area contributed by atoms with Crippen molar-refractivity contribution in [1.82, 2.24) is 0 Å². The molecule has 0 N–H and O–H groups in total. The molecule has 0 saturated carbocycles. The molecule has 0 bridgehead atoms. The van der Waals surface area contributed by atoms with Gasteiger partial charge in [-0.1, -0.05) is 0 Å². The molecular weight excluding hydrogens is 477 g/mol. The van der Waals surface area contributed by atoms with E-state index < -0.39 is 24.2 Å². The minimum absolute atomic E-state index is 0.0960. The molecule has 0 spiro atoms. The summed E-state index contributed by atoms with van der Waals surface area (Å²) in [5.74, 6) is -0.446. The van der Waals surface area contributed by atoms with E-state index in [9.17, 15) is 12.5 Å². The van der Waals surface area contributed by atoms with E-state index in [1.165, 1.54) is 7.11 Å². The number of ether oxygens (including phenoxy) is 1. The Bertz CT molecular complexity index is 890. The van der Waals surface area contributed by atoms with Gasteiger partial charge < -0.3 is 0 Å². The molecule has 1 unspecified atom stereocenters. The van der Waals surface area contributed by atoms with Crippen LogP contribution in [-0.2, 0) is 22.7 Å². The number of methoxy groups -OCH3 is 1. The summed E-state index contributed by atoms with van der Waals surface area (Å²) in [6.45, 7) is 0. The van der Waals surface area contributed by atoms with Gasteiger partial charge in [-0.05, 0) is 0 Å². The molecule has 0 radical (unpaired) electrons. The molecule has 2 rings (SSSR count). The summed E-state index contributed by atoms with van der Waals surface area (Å²) in [6, 6.07) is 15.8. The van der Waals surface area contributed by atoms with Crippen LogP contribution >= 0.6 is 15.9 Å². The van der Waals surface area contributed by atoms with E-state index in [0.717, 1.165) is 10.0 Å². The molecule has 0 saturated heterocycles. The SMILES string of the molecule is COC(=O)C(CC[Se](=O)(=O)c1ccccc1)(c1ccc(Br)cc1)[N+](C)(C)C. The van der Waals surface area contributed by atoms with Gasteiger partial charge in [0.15, 0.2) is 0 Å². The Balaban J connectivity index is 2.53. The Hall–Kier alpha value is -1.53. The Morgan fingerprint density at radius 3 is 2.07 bits per heavy atom. The Morgan fingerprint density at radius 1 is 1.04 bits per heavy atom. The van der Waals surface area contributed by atoms with E-state index in [1.54, 1.807) is 30.3 Å². The molecule has 0 amide bonds. The first-order chi connectivity index (χ1) is 12.5. The number of benzene rings is 2. The summed E-state index contributed by atoms with van der Waals surface area (Å²) in [6.07, 6.45) is 0.132. The molecular formula is C20H25BrNO4Se+. The molecule has 146 valence electrons. The van der Waals surface area contributed by atoms with Crippen LogP contribution < -0.4 is 4.46 Å². The van der Waals surface area contributed by atoms with E-state index in [4.69, 9.17) is 4.74 Å². The number of carbonyl (C=O) groups is 1. The monoisotopic (exact) mass is 502 g/mol. The molecule has 0 aliphatic heterocycles. The average Bonchev–Trinajstić information content (AvgIpc) is 2.62. The van der Waals surface area contributed by atoms with Crippen LogP contribution in [0.5, 0.6) is 0 Å². The molecule has 5 nitrogen and oxygen atoms in total. The van der Waals surface area contributed by atoms with Crippen molar-refractivity contribution in [3.63, 3.8) is 0 Å². The normalized spacial score (nSPS) is 14.4. The molecule has 7 heteroatoms. The van der Waals surface area contributed by atoms with E-state index in [0.29, 0.717) is 4.46 Å². The van der Waals surface area contributed by atoms with Gasteiger partial charge in [0.2, 0.25) is 0 Å². The van der Waals surface area contributed by atoms with Crippen LogP contribution in [0, 0.1) is 0 Å². The third-order valence-electron chi connectivity index (χ3n) is 4.82. The number of rotatable bonds is 7. The van der Waals surface area contributed by atoms with Crippen molar-refractivity contribution >= 4 is 39.1 Å². The first-order valence-corrected chi connectivity index (χ1v) is 12.7. The van der Waals surface area contributed by atoms with Gasteiger partial charge in [0, 0.05) is 0 Å². The van der Waals surface area contributed by atoms with E-state index in [-0.39, 0.29) is 16.2 Å². The van der Waals surface area contributed by atoms with Crippen molar-refractivity contribution in [2.45, 2.75) is 17.3 Å². The van der Waals surface area contributed by atoms with Gasteiger partial charge in [-0.15, -0.1) is 0 Å². The average molecular weight is 502 g/mol. The Kier molecular flexibility index (Phi) is 6.63. The Labute approximate surface area is 170 Å². The molecule has 0 fully saturated rings. The number of halogens is 1. The minimum atomic E-state index is -4.40. The van der Waals surface area contributed by atoms with Crippen LogP contribution in [0.2, 0.25) is 5.32 Å². The third-order valence-corrected chi connectivity index (χ3v) is 8.99. The van der Waals surface area contributed by atoms with Crippen molar-refractivity contribution in [3.8, 4) is 0 Å². The second-order valence-corrected chi connectivity index (χ2v) is 12.6. The number of hydrogen-bond donors (Lipinski definition) is 0. The summed E-state index contributed by atoms with van der Waals surface area (Å²) in [4.78, 5) is 13.0. The van der Waals surface area contributed by atoms with Crippen molar-refractivity contribution in [2.75, 3.05) is 28.3 Å². The molecule has 0 aliphatic rings. The molecule has 1 atom stereocenters. The molecule has 27 heavy (non-hydrogen) atoms. The number of quaternary nitrogens is 1. The van der Waals surface area contributed by atoms with Crippen molar-refractivity contribution in [3.05, 3.63) is 64.6 Å². The zero-order valence-corrected chi connectivity index (χ0v) is 19.3. The number of nitrogens with zero attached hydrogens (tertiary/aromatic N) is 1. The number of esters is 1. The number of carbonyl (C=O) groups excluding carboxylic acids is 1. The Morgan fingerprint density at radius 2 is 1.59 bits per heavy atom. The van der Waals surface area contributed by atoms with E-state index in [1.807, 2.05) is 45.4 Å². The van der Waals surface area contributed by atoms with E-state index in [2.05, 4.69) is 15.9 Å². The topological polar surface area (TPSA) is 60.4 Å². The third kappa shape index (κ3) is 4.49. The first-order valence-electron chi connectivity index (χ1n) is 8.48. The number of hydrogen-bond acceptors (Lipinski definition) is 4. The second-order valence-electron chi connectivity index (χ2n) is 7.25. The van der Waals surface area contributed by atoms with Crippen LogP contribution in [-0.4, -0.2) is 51.4 Å². The van der Waals surface area contributed by atoms with Gasteiger partial charge in [0.05, 0.1) is 0 Å². The van der Waals surface area contributed by atoms with Gasteiger partial charge in [-0.2, -0.15) is 0 Å².